The molecule has 29 heavy (non-hydrogen) atoms. The van der Waals surface area contributed by atoms with Gasteiger partial charge in [0.05, 0.1) is 24.3 Å². The summed E-state index contributed by atoms with van der Waals surface area (Å²) in [5.41, 5.74) is -0.348. The van der Waals surface area contributed by atoms with Crippen LogP contribution in [0, 0.1) is 0 Å². The second kappa shape index (κ2) is 14.6. The molecule has 0 heterocycles. The van der Waals surface area contributed by atoms with Crippen LogP contribution in [-0.4, -0.2) is 57.0 Å². The van der Waals surface area contributed by atoms with Gasteiger partial charge in [-0.05, 0) is 31.0 Å². The van der Waals surface area contributed by atoms with Gasteiger partial charge in [0.25, 0.3) is 10.1 Å². The van der Waals surface area contributed by atoms with Crippen LogP contribution in [0.25, 0.3) is 0 Å². The first-order chi connectivity index (χ1) is 13.3. The van der Waals surface area contributed by atoms with Gasteiger partial charge in [-0.1, -0.05) is 52.4 Å². The van der Waals surface area contributed by atoms with Crippen LogP contribution >= 0.6 is 0 Å². The minimum Gasteiger partial charge on any atom is -0.462 e. The van der Waals surface area contributed by atoms with Gasteiger partial charge in [-0.15, -0.1) is 0 Å². The van der Waals surface area contributed by atoms with Crippen LogP contribution in [0.4, 0.5) is 0 Å². The average molecular weight is 421 g/mol. The van der Waals surface area contributed by atoms with Crippen LogP contribution in [0.15, 0.2) is 23.1 Å². The Kier molecular flexibility index (Phi) is 13.9. The second-order valence-electron chi connectivity index (χ2n) is 6.58. The number of carbonyl (C=O) groups excluding carboxylic acids is 2. The van der Waals surface area contributed by atoms with E-state index in [0.29, 0.717) is 6.42 Å². The van der Waals surface area contributed by atoms with Crippen LogP contribution in [0.2, 0.25) is 0 Å². The van der Waals surface area contributed by atoms with Gasteiger partial charge in [0.1, 0.15) is 4.90 Å². The summed E-state index contributed by atoms with van der Waals surface area (Å²) in [5, 5.41) is 0. The minimum absolute atomic E-state index is 0. The summed E-state index contributed by atoms with van der Waals surface area (Å²) in [6, 6.07) is 3.30. The molecule has 1 N–H and O–H groups in total. The van der Waals surface area contributed by atoms with Crippen LogP contribution in [0.1, 0.15) is 85.9 Å². The van der Waals surface area contributed by atoms with Crippen molar-refractivity contribution in [2.45, 2.75) is 70.1 Å². The number of esters is 2. The van der Waals surface area contributed by atoms with E-state index in [1.807, 2.05) is 0 Å². The van der Waals surface area contributed by atoms with E-state index in [0.717, 1.165) is 57.1 Å². The molecule has 1 aromatic rings. The molecule has 0 spiro atoms. The zero-order valence-electron chi connectivity index (χ0n) is 17.6. The number of unbranched alkanes of at least 4 members (excludes halogenated alkanes) is 6. The van der Waals surface area contributed by atoms with Crippen molar-refractivity contribution < 1.29 is 32.0 Å². The van der Waals surface area contributed by atoms with Gasteiger partial charge in [0.15, 0.2) is 0 Å². The van der Waals surface area contributed by atoms with E-state index in [-0.39, 0.29) is 43.2 Å². The van der Waals surface area contributed by atoms with E-state index >= 15 is 0 Å². The number of ether oxygens (including phenoxy) is 2. The Hall–Kier alpha value is -1.33. The standard InChI is InChI=1S/C20H30O7S.Li/c1-3-5-7-9-13-26-19(21)16-11-12-18(28(23,24)25)17(15-16)20(22)27-14-10-8-6-4-2;/h11-12,15H,3-10,13-14H2,1-2H3,(H,23,24,25);. The second-order valence-corrected chi connectivity index (χ2v) is 7.97. The fourth-order valence-electron chi connectivity index (χ4n) is 2.59. The van der Waals surface area contributed by atoms with Crippen LogP contribution in [0.3, 0.4) is 0 Å². The minimum atomic E-state index is -4.64. The van der Waals surface area contributed by atoms with E-state index in [1.165, 1.54) is 6.07 Å². The van der Waals surface area contributed by atoms with Crippen molar-refractivity contribution in [1.29, 1.82) is 0 Å². The summed E-state index contributed by atoms with van der Waals surface area (Å²) >= 11 is 0. The molecule has 0 bridgehead atoms. The van der Waals surface area contributed by atoms with E-state index < -0.39 is 27.0 Å². The van der Waals surface area contributed by atoms with Gasteiger partial charge in [0.2, 0.25) is 0 Å². The van der Waals surface area contributed by atoms with Crippen molar-refractivity contribution in [3.8, 4) is 0 Å². The summed E-state index contributed by atoms with van der Waals surface area (Å²) in [7, 11) is -4.64. The number of benzene rings is 1. The number of hydrogen-bond acceptors (Lipinski definition) is 6. The maximum absolute atomic E-state index is 12.3. The number of rotatable bonds is 13. The molecule has 0 amide bonds. The zero-order valence-corrected chi connectivity index (χ0v) is 18.4. The third kappa shape index (κ3) is 10.3. The quantitative estimate of drug-likeness (QED) is 0.222. The first-order valence-corrected chi connectivity index (χ1v) is 11.2. The maximum Gasteiger partial charge on any atom is 0.339 e. The van der Waals surface area contributed by atoms with Crippen molar-refractivity contribution in [3.05, 3.63) is 29.3 Å². The van der Waals surface area contributed by atoms with Gasteiger partial charge in [0, 0.05) is 18.9 Å². The van der Waals surface area contributed by atoms with Crippen molar-refractivity contribution in [2.75, 3.05) is 13.2 Å². The molecule has 0 saturated carbocycles. The van der Waals surface area contributed by atoms with Crippen LogP contribution in [-0.2, 0) is 19.6 Å². The third-order valence-corrected chi connectivity index (χ3v) is 5.09. The molecule has 0 aliphatic carbocycles. The molecule has 0 unspecified atom stereocenters. The Bertz CT molecular complexity index is 747. The molecule has 1 rings (SSSR count). The first kappa shape index (κ1) is 27.7. The van der Waals surface area contributed by atoms with E-state index in [1.54, 1.807) is 0 Å². The van der Waals surface area contributed by atoms with Gasteiger partial charge in [-0.3, -0.25) is 4.55 Å². The molecule has 0 aliphatic heterocycles. The summed E-state index contributed by atoms with van der Waals surface area (Å²) in [4.78, 5) is 23.9. The largest absolute Gasteiger partial charge is 0.462 e. The fourth-order valence-corrected chi connectivity index (χ4v) is 3.25. The maximum atomic E-state index is 12.3. The Morgan fingerprint density at radius 1 is 0.862 bits per heavy atom. The molecular formula is C20H30LiO7S. The topological polar surface area (TPSA) is 107 Å². The molecule has 0 atom stereocenters. The van der Waals surface area contributed by atoms with Crippen molar-refractivity contribution in [2.24, 2.45) is 0 Å². The van der Waals surface area contributed by atoms with Gasteiger partial charge in [-0.25, -0.2) is 9.59 Å². The zero-order chi connectivity index (χ0) is 21.0. The number of hydrogen-bond donors (Lipinski definition) is 1. The Morgan fingerprint density at radius 2 is 1.38 bits per heavy atom. The normalized spacial score (nSPS) is 10.9. The van der Waals surface area contributed by atoms with Crippen molar-refractivity contribution in [1.82, 2.24) is 0 Å². The molecule has 0 fully saturated rings. The predicted molar refractivity (Wildman–Crippen MR) is 111 cm³/mol. The predicted octanol–water partition coefficient (Wildman–Crippen LogP) is 4.03. The van der Waals surface area contributed by atoms with E-state index in [4.69, 9.17) is 9.47 Å². The summed E-state index contributed by atoms with van der Waals surface area (Å²) in [6.45, 7) is 4.51. The molecule has 1 radical (unpaired) electrons. The third-order valence-electron chi connectivity index (χ3n) is 4.18. The molecule has 0 aromatic heterocycles. The molecule has 7 nitrogen and oxygen atoms in total. The molecular weight excluding hydrogens is 391 g/mol. The molecule has 9 heteroatoms. The Morgan fingerprint density at radius 3 is 1.86 bits per heavy atom. The van der Waals surface area contributed by atoms with Gasteiger partial charge in [-0.2, -0.15) is 8.42 Å². The molecule has 0 aliphatic rings. The first-order valence-electron chi connectivity index (χ1n) is 9.77. The molecule has 0 saturated heterocycles. The van der Waals surface area contributed by atoms with Crippen LogP contribution in [0.5, 0.6) is 0 Å². The summed E-state index contributed by atoms with van der Waals surface area (Å²) in [5.74, 6) is -1.56. The van der Waals surface area contributed by atoms with Crippen molar-refractivity contribution in [3.63, 3.8) is 0 Å². The Balaban J connectivity index is 0.00000784. The van der Waals surface area contributed by atoms with Crippen LogP contribution < -0.4 is 0 Å². The van der Waals surface area contributed by atoms with Crippen molar-refractivity contribution >= 4 is 40.9 Å². The Labute approximate surface area is 185 Å². The average Bonchev–Trinajstić information content (AvgIpc) is 2.66. The van der Waals surface area contributed by atoms with E-state index in [9.17, 15) is 22.6 Å². The number of carbonyl (C=O) groups is 2. The fraction of sp³-hybridized carbons (Fsp3) is 0.600. The van der Waals surface area contributed by atoms with E-state index in [2.05, 4.69) is 13.8 Å². The summed E-state index contributed by atoms with van der Waals surface area (Å²) < 4.78 is 42.7. The molecule has 159 valence electrons. The monoisotopic (exact) mass is 421 g/mol. The molecule has 1 aromatic carbocycles. The van der Waals surface area contributed by atoms with Gasteiger partial charge >= 0.3 is 11.9 Å². The smallest absolute Gasteiger partial charge is 0.339 e. The SMILES string of the molecule is CCCCCCOC(=O)c1ccc(S(=O)(=O)O)c(C(=O)OCCCCCC)c1.[Li]. The summed E-state index contributed by atoms with van der Waals surface area (Å²) in [6.07, 6.45) is 7.37. The van der Waals surface area contributed by atoms with Gasteiger partial charge < -0.3 is 9.47 Å².